The fourth-order valence-corrected chi connectivity index (χ4v) is 4.26. The zero-order valence-electron chi connectivity index (χ0n) is 15.9. The molecule has 1 atom stereocenters. The van der Waals surface area contributed by atoms with Crippen LogP contribution >= 0.6 is 0 Å². The summed E-state index contributed by atoms with van der Waals surface area (Å²) in [7, 11) is 3.50. The Kier molecular flexibility index (Phi) is 6.72. The molecule has 0 aliphatic carbocycles. The number of rotatable bonds is 6. The molecule has 1 spiro atoms. The van der Waals surface area contributed by atoms with Crippen LogP contribution in [0.15, 0.2) is 0 Å². The highest BCUT2D eigenvalue weighted by molar-refractivity contribution is 5.76. The van der Waals surface area contributed by atoms with Gasteiger partial charge in [-0.2, -0.15) is 0 Å². The van der Waals surface area contributed by atoms with Crippen molar-refractivity contribution in [1.29, 1.82) is 0 Å². The summed E-state index contributed by atoms with van der Waals surface area (Å²) in [6.45, 7) is 7.03. The van der Waals surface area contributed by atoms with Crippen LogP contribution in [0.4, 0.5) is 0 Å². The highest BCUT2D eigenvalue weighted by Gasteiger charge is 2.42. The first-order chi connectivity index (χ1) is 12.1. The molecule has 3 heterocycles. The van der Waals surface area contributed by atoms with E-state index >= 15 is 0 Å². The monoisotopic (exact) mass is 354 g/mol. The second-order valence-corrected chi connectivity index (χ2v) is 8.30. The van der Waals surface area contributed by atoms with Gasteiger partial charge in [0, 0.05) is 33.9 Å². The average Bonchev–Trinajstić information content (AvgIpc) is 3.01. The van der Waals surface area contributed by atoms with Crippen LogP contribution < -0.4 is 0 Å². The average molecular weight is 354 g/mol. The summed E-state index contributed by atoms with van der Waals surface area (Å²) < 4.78 is 17.0. The highest BCUT2D eigenvalue weighted by atomic mass is 16.5. The third-order valence-corrected chi connectivity index (χ3v) is 6.09. The molecule has 1 amide bonds. The maximum absolute atomic E-state index is 11.6. The lowest BCUT2D eigenvalue weighted by Crippen LogP contribution is -2.43. The van der Waals surface area contributed by atoms with E-state index in [1.165, 1.54) is 45.3 Å². The number of nitrogens with zero attached hydrogens (tertiary/aromatic N) is 2. The predicted molar refractivity (Wildman–Crippen MR) is 95.5 cm³/mol. The summed E-state index contributed by atoms with van der Waals surface area (Å²) in [5.41, 5.74) is 0.339. The molecule has 0 saturated carbocycles. The van der Waals surface area contributed by atoms with Gasteiger partial charge in [-0.25, -0.2) is 0 Å². The first-order valence-corrected chi connectivity index (χ1v) is 9.76. The molecular formula is C19H34N2O4. The van der Waals surface area contributed by atoms with Crippen molar-refractivity contribution in [2.24, 2.45) is 11.3 Å². The zero-order chi connectivity index (χ0) is 17.7. The molecule has 3 rings (SSSR count). The second kappa shape index (κ2) is 8.80. The maximum atomic E-state index is 11.6. The summed E-state index contributed by atoms with van der Waals surface area (Å²) in [5, 5.41) is 0. The Bertz CT molecular complexity index is 429. The van der Waals surface area contributed by atoms with Gasteiger partial charge in [0.15, 0.2) is 0 Å². The minimum atomic E-state index is 0.00845. The molecule has 3 saturated heterocycles. The van der Waals surface area contributed by atoms with Crippen molar-refractivity contribution < 1.29 is 19.0 Å². The molecule has 25 heavy (non-hydrogen) atoms. The van der Waals surface area contributed by atoms with Crippen LogP contribution in [0.25, 0.3) is 0 Å². The smallest absolute Gasteiger partial charge is 0.248 e. The summed E-state index contributed by atoms with van der Waals surface area (Å²) in [6, 6.07) is 0. The number of hydrogen-bond donors (Lipinski definition) is 0. The van der Waals surface area contributed by atoms with E-state index in [1.54, 1.807) is 19.0 Å². The minimum absolute atomic E-state index is 0.00845. The summed E-state index contributed by atoms with van der Waals surface area (Å²) >= 11 is 0. The van der Waals surface area contributed by atoms with Gasteiger partial charge in [0.2, 0.25) is 5.91 Å². The largest absolute Gasteiger partial charge is 0.381 e. The molecular weight excluding hydrogens is 320 g/mol. The number of carbonyl (C=O) groups excluding carboxylic acids is 1. The van der Waals surface area contributed by atoms with Crippen LogP contribution in [0, 0.1) is 11.3 Å². The Morgan fingerprint density at radius 1 is 1.24 bits per heavy atom. The fourth-order valence-electron chi connectivity index (χ4n) is 4.26. The van der Waals surface area contributed by atoms with Gasteiger partial charge in [0.1, 0.15) is 6.61 Å². The lowest BCUT2D eigenvalue weighted by Gasteiger charge is -2.40. The fraction of sp³-hybridized carbons (Fsp3) is 0.947. The quantitative estimate of drug-likeness (QED) is 0.721. The second-order valence-electron chi connectivity index (χ2n) is 8.30. The summed E-state index contributed by atoms with van der Waals surface area (Å²) in [5.74, 6) is 0.826. The van der Waals surface area contributed by atoms with Crippen molar-refractivity contribution in [3.63, 3.8) is 0 Å². The maximum Gasteiger partial charge on any atom is 0.248 e. The number of carbonyl (C=O) groups is 1. The summed E-state index contributed by atoms with van der Waals surface area (Å²) in [6.07, 6.45) is 6.11. The van der Waals surface area contributed by atoms with Crippen LogP contribution in [-0.2, 0) is 19.0 Å². The van der Waals surface area contributed by atoms with Gasteiger partial charge < -0.3 is 24.0 Å². The highest BCUT2D eigenvalue weighted by Crippen LogP contribution is 2.42. The molecule has 144 valence electrons. The molecule has 0 N–H and O–H groups in total. The van der Waals surface area contributed by atoms with E-state index < -0.39 is 0 Å². The molecule has 0 aromatic carbocycles. The number of amides is 1. The SMILES string of the molecule is CN(C)C(=O)COC[C@H]1CC2(CCN(CC3CCOCC3)CC2)CO1. The molecule has 6 heteroatoms. The van der Waals surface area contributed by atoms with Gasteiger partial charge in [-0.3, -0.25) is 4.79 Å². The Balaban J connectivity index is 1.35. The lowest BCUT2D eigenvalue weighted by molar-refractivity contribution is -0.134. The number of piperidine rings is 1. The normalized spacial score (nSPS) is 27.7. The molecule has 0 aromatic rings. The molecule has 3 fully saturated rings. The summed E-state index contributed by atoms with van der Waals surface area (Å²) in [4.78, 5) is 15.8. The molecule has 0 aromatic heterocycles. The van der Waals surface area contributed by atoms with E-state index in [-0.39, 0.29) is 18.6 Å². The molecule has 6 nitrogen and oxygen atoms in total. The molecule has 0 radical (unpaired) electrons. The van der Waals surface area contributed by atoms with Crippen molar-refractivity contribution in [3.8, 4) is 0 Å². The van der Waals surface area contributed by atoms with Gasteiger partial charge >= 0.3 is 0 Å². The third kappa shape index (κ3) is 5.39. The Hall–Kier alpha value is -0.690. The third-order valence-electron chi connectivity index (χ3n) is 6.09. The van der Waals surface area contributed by atoms with E-state index in [0.29, 0.717) is 12.0 Å². The van der Waals surface area contributed by atoms with Crippen LogP contribution in [0.5, 0.6) is 0 Å². The van der Waals surface area contributed by atoms with Gasteiger partial charge in [-0.1, -0.05) is 0 Å². The Labute approximate surface area is 151 Å². The number of hydrogen-bond acceptors (Lipinski definition) is 5. The van der Waals surface area contributed by atoms with Crippen molar-refractivity contribution in [2.75, 3.05) is 66.8 Å². The van der Waals surface area contributed by atoms with Crippen LogP contribution in [0.1, 0.15) is 32.1 Å². The zero-order valence-corrected chi connectivity index (χ0v) is 15.9. The van der Waals surface area contributed by atoms with Crippen molar-refractivity contribution in [1.82, 2.24) is 9.80 Å². The van der Waals surface area contributed by atoms with Crippen molar-refractivity contribution in [2.45, 2.75) is 38.2 Å². The predicted octanol–water partition coefficient (Wildman–Crippen LogP) is 1.39. The van der Waals surface area contributed by atoms with Gasteiger partial charge in [-0.15, -0.1) is 0 Å². The Morgan fingerprint density at radius 2 is 1.96 bits per heavy atom. The first-order valence-electron chi connectivity index (χ1n) is 9.76. The van der Waals surface area contributed by atoms with Gasteiger partial charge in [0.25, 0.3) is 0 Å². The van der Waals surface area contributed by atoms with E-state index in [1.807, 2.05) is 0 Å². The van der Waals surface area contributed by atoms with Crippen molar-refractivity contribution >= 4 is 5.91 Å². The van der Waals surface area contributed by atoms with Crippen LogP contribution in [0.3, 0.4) is 0 Å². The van der Waals surface area contributed by atoms with E-state index in [4.69, 9.17) is 14.2 Å². The van der Waals surface area contributed by atoms with Crippen molar-refractivity contribution in [3.05, 3.63) is 0 Å². The van der Waals surface area contributed by atoms with Crippen LogP contribution in [0.2, 0.25) is 0 Å². The number of ether oxygens (including phenoxy) is 3. The van der Waals surface area contributed by atoms with E-state index in [2.05, 4.69) is 4.90 Å². The number of likely N-dealkylation sites (tertiary alicyclic amines) is 1. The molecule has 3 aliphatic rings. The van der Waals surface area contributed by atoms with E-state index in [9.17, 15) is 4.79 Å². The first kappa shape index (κ1) is 19.1. The van der Waals surface area contributed by atoms with Crippen LogP contribution in [-0.4, -0.2) is 88.6 Å². The Morgan fingerprint density at radius 3 is 2.64 bits per heavy atom. The van der Waals surface area contributed by atoms with Gasteiger partial charge in [0.05, 0.1) is 19.3 Å². The minimum Gasteiger partial charge on any atom is -0.381 e. The van der Waals surface area contributed by atoms with E-state index in [0.717, 1.165) is 32.2 Å². The molecule has 0 bridgehead atoms. The topological polar surface area (TPSA) is 51.2 Å². The van der Waals surface area contributed by atoms with Gasteiger partial charge in [-0.05, 0) is 56.5 Å². The molecule has 3 aliphatic heterocycles. The number of likely N-dealkylation sites (N-methyl/N-ethyl adjacent to an activating group) is 1. The molecule has 0 unspecified atom stereocenters. The standard InChI is InChI=1S/C19H34N2O4/c1-20(2)18(22)14-24-13-17-11-19(15-25-17)5-7-21(8-6-19)12-16-3-9-23-10-4-16/h16-17H,3-15H2,1-2H3/t17-/m1/s1. The lowest BCUT2D eigenvalue weighted by atomic mass is 9.76.